The smallest absolute Gasteiger partial charge is 0.220 e. The van der Waals surface area contributed by atoms with E-state index in [9.17, 15) is 4.79 Å². The fraction of sp³-hybridized carbons (Fsp3) is 0.278. The van der Waals surface area contributed by atoms with E-state index in [4.69, 9.17) is 15.2 Å². The van der Waals surface area contributed by atoms with E-state index in [1.165, 1.54) is 0 Å². The van der Waals surface area contributed by atoms with Crippen molar-refractivity contribution in [2.45, 2.75) is 19.4 Å². The van der Waals surface area contributed by atoms with Crippen molar-refractivity contribution in [3.05, 3.63) is 53.6 Å². The van der Waals surface area contributed by atoms with Gasteiger partial charge in [-0.2, -0.15) is 0 Å². The molecular weight excluding hydrogens is 292 g/mol. The predicted molar refractivity (Wildman–Crippen MR) is 90.6 cm³/mol. The predicted octanol–water partition coefficient (Wildman–Crippen LogP) is 2.54. The number of carbonyl (C=O) groups is 1. The average molecular weight is 314 g/mol. The maximum absolute atomic E-state index is 11.9. The summed E-state index contributed by atoms with van der Waals surface area (Å²) in [4.78, 5) is 11.9. The maximum Gasteiger partial charge on any atom is 0.220 e. The molecule has 2 aromatic carbocycles. The number of methoxy groups -OCH3 is 2. The van der Waals surface area contributed by atoms with Crippen molar-refractivity contribution in [3.8, 4) is 11.5 Å². The van der Waals surface area contributed by atoms with Gasteiger partial charge in [0.2, 0.25) is 5.91 Å². The van der Waals surface area contributed by atoms with Crippen LogP contribution in [-0.4, -0.2) is 20.1 Å². The van der Waals surface area contributed by atoms with Crippen molar-refractivity contribution in [3.63, 3.8) is 0 Å². The number of amides is 1. The van der Waals surface area contributed by atoms with Crippen LogP contribution in [-0.2, 0) is 17.8 Å². The molecular formula is C18H22N2O3. The number of aryl methyl sites for hydroxylation is 1. The number of nitrogens with two attached hydrogens (primary N) is 1. The Balaban J connectivity index is 1.83. The first kappa shape index (κ1) is 16.7. The molecule has 0 radical (unpaired) electrons. The van der Waals surface area contributed by atoms with Crippen LogP contribution in [0.25, 0.3) is 0 Å². The van der Waals surface area contributed by atoms with Crippen LogP contribution in [0, 0.1) is 0 Å². The third kappa shape index (κ3) is 4.92. The molecule has 0 saturated heterocycles. The van der Waals surface area contributed by atoms with Gasteiger partial charge in [-0.05, 0) is 41.8 Å². The summed E-state index contributed by atoms with van der Waals surface area (Å²) in [5.74, 6) is 1.34. The molecule has 1 amide bonds. The van der Waals surface area contributed by atoms with Crippen LogP contribution in [0.2, 0.25) is 0 Å². The van der Waals surface area contributed by atoms with Crippen LogP contribution in [0.3, 0.4) is 0 Å². The largest absolute Gasteiger partial charge is 0.493 e. The number of carbonyl (C=O) groups excluding carboxylic acids is 1. The lowest BCUT2D eigenvalue weighted by atomic mass is 10.1. The summed E-state index contributed by atoms with van der Waals surface area (Å²) in [6.45, 7) is 0.459. The number of nitrogens with one attached hydrogen (secondary N) is 1. The minimum atomic E-state index is 0.0107. The summed E-state index contributed by atoms with van der Waals surface area (Å²) in [6.07, 6.45) is 1.13. The highest BCUT2D eigenvalue weighted by atomic mass is 16.5. The van der Waals surface area contributed by atoms with Gasteiger partial charge in [-0.3, -0.25) is 4.79 Å². The van der Waals surface area contributed by atoms with Gasteiger partial charge < -0.3 is 20.5 Å². The molecule has 2 rings (SSSR count). The number of ether oxygens (including phenoxy) is 2. The summed E-state index contributed by atoms with van der Waals surface area (Å²) >= 11 is 0. The van der Waals surface area contributed by atoms with Gasteiger partial charge in [-0.1, -0.05) is 18.2 Å². The lowest BCUT2D eigenvalue weighted by Crippen LogP contribution is -2.23. The molecule has 0 aliphatic heterocycles. The molecule has 0 unspecified atom stereocenters. The van der Waals surface area contributed by atoms with Gasteiger partial charge in [0.1, 0.15) is 0 Å². The second-order valence-corrected chi connectivity index (χ2v) is 5.21. The van der Waals surface area contributed by atoms with E-state index in [1.807, 2.05) is 42.5 Å². The first-order valence-corrected chi connectivity index (χ1v) is 7.44. The lowest BCUT2D eigenvalue weighted by Gasteiger charge is -2.10. The second kappa shape index (κ2) is 8.08. The van der Waals surface area contributed by atoms with Gasteiger partial charge >= 0.3 is 0 Å². The van der Waals surface area contributed by atoms with Crippen molar-refractivity contribution in [2.24, 2.45) is 0 Å². The molecule has 5 heteroatoms. The number of rotatable bonds is 7. The first-order chi connectivity index (χ1) is 11.1. The average Bonchev–Trinajstić information content (AvgIpc) is 2.59. The Hall–Kier alpha value is -2.69. The van der Waals surface area contributed by atoms with Crippen molar-refractivity contribution in [1.29, 1.82) is 0 Å². The molecule has 5 nitrogen and oxygen atoms in total. The fourth-order valence-corrected chi connectivity index (χ4v) is 2.22. The zero-order valence-corrected chi connectivity index (χ0v) is 13.5. The van der Waals surface area contributed by atoms with Gasteiger partial charge in [0.25, 0.3) is 0 Å². The molecule has 0 atom stereocenters. The maximum atomic E-state index is 11.9. The van der Waals surface area contributed by atoms with Gasteiger partial charge in [-0.25, -0.2) is 0 Å². The Bertz CT molecular complexity index is 654. The standard InChI is InChI=1S/C18H22N2O3/c1-22-16-9-5-14(11-17(16)23-2)12-20-18(21)10-6-13-3-7-15(19)8-4-13/h3-5,7-9,11H,6,10,12,19H2,1-2H3,(H,20,21). The summed E-state index contributed by atoms with van der Waals surface area (Å²) in [5.41, 5.74) is 8.43. The Morgan fingerprint density at radius 2 is 1.65 bits per heavy atom. The van der Waals surface area contributed by atoms with Gasteiger partial charge in [0.05, 0.1) is 14.2 Å². The highest BCUT2D eigenvalue weighted by Crippen LogP contribution is 2.27. The Labute approximate surface area is 136 Å². The third-order valence-electron chi connectivity index (χ3n) is 3.56. The summed E-state index contributed by atoms with van der Waals surface area (Å²) in [5, 5.41) is 2.91. The molecule has 0 aromatic heterocycles. The van der Waals surface area contributed by atoms with Crippen LogP contribution in [0.1, 0.15) is 17.5 Å². The highest BCUT2D eigenvalue weighted by Gasteiger charge is 2.06. The van der Waals surface area contributed by atoms with Crippen LogP contribution >= 0.6 is 0 Å². The minimum absolute atomic E-state index is 0.0107. The van der Waals surface area contributed by atoms with E-state index in [2.05, 4.69) is 5.32 Å². The zero-order valence-electron chi connectivity index (χ0n) is 13.5. The van der Waals surface area contributed by atoms with E-state index in [0.717, 1.165) is 16.8 Å². The van der Waals surface area contributed by atoms with Gasteiger partial charge in [0, 0.05) is 18.7 Å². The molecule has 0 bridgehead atoms. The van der Waals surface area contributed by atoms with Gasteiger partial charge in [0.15, 0.2) is 11.5 Å². The molecule has 2 aromatic rings. The van der Waals surface area contributed by atoms with Crippen molar-refractivity contribution >= 4 is 11.6 Å². The number of hydrogen-bond acceptors (Lipinski definition) is 4. The summed E-state index contributed by atoms with van der Waals surface area (Å²) < 4.78 is 10.4. The van der Waals surface area contributed by atoms with E-state index in [-0.39, 0.29) is 5.91 Å². The number of nitrogen functional groups attached to an aromatic ring is 1. The molecule has 0 spiro atoms. The molecule has 0 aliphatic rings. The van der Waals surface area contributed by atoms with Crippen molar-refractivity contribution in [1.82, 2.24) is 5.32 Å². The summed E-state index contributed by atoms with van der Waals surface area (Å²) in [6, 6.07) is 13.2. The molecule has 0 heterocycles. The molecule has 0 saturated carbocycles. The van der Waals surface area contributed by atoms with E-state index in [1.54, 1.807) is 14.2 Å². The third-order valence-corrected chi connectivity index (χ3v) is 3.56. The van der Waals surface area contributed by atoms with Crippen molar-refractivity contribution < 1.29 is 14.3 Å². The molecule has 0 fully saturated rings. The molecule has 0 aliphatic carbocycles. The SMILES string of the molecule is COc1ccc(CNC(=O)CCc2ccc(N)cc2)cc1OC. The van der Waals surface area contributed by atoms with Crippen LogP contribution in [0.5, 0.6) is 11.5 Å². The topological polar surface area (TPSA) is 73.6 Å². The van der Waals surface area contributed by atoms with Gasteiger partial charge in [-0.15, -0.1) is 0 Å². The van der Waals surface area contributed by atoms with Crippen LogP contribution in [0.4, 0.5) is 5.69 Å². The molecule has 3 N–H and O–H groups in total. The minimum Gasteiger partial charge on any atom is -0.493 e. The lowest BCUT2D eigenvalue weighted by molar-refractivity contribution is -0.121. The Kier molecular flexibility index (Phi) is 5.86. The number of anilines is 1. The Morgan fingerprint density at radius 3 is 2.30 bits per heavy atom. The Morgan fingerprint density at radius 1 is 1.00 bits per heavy atom. The van der Waals surface area contributed by atoms with E-state index < -0.39 is 0 Å². The zero-order chi connectivity index (χ0) is 16.7. The quantitative estimate of drug-likeness (QED) is 0.770. The number of benzene rings is 2. The van der Waals surface area contributed by atoms with Crippen LogP contribution in [0.15, 0.2) is 42.5 Å². The van der Waals surface area contributed by atoms with E-state index >= 15 is 0 Å². The van der Waals surface area contributed by atoms with E-state index in [0.29, 0.717) is 30.9 Å². The second-order valence-electron chi connectivity index (χ2n) is 5.21. The highest BCUT2D eigenvalue weighted by molar-refractivity contribution is 5.76. The monoisotopic (exact) mass is 314 g/mol. The normalized spacial score (nSPS) is 10.2. The first-order valence-electron chi connectivity index (χ1n) is 7.44. The molecule has 23 heavy (non-hydrogen) atoms. The van der Waals surface area contributed by atoms with Crippen LogP contribution < -0.4 is 20.5 Å². The number of hydrogen-bond donors (Lipinski definition) is 2. The fourth-order valence-electron chi connectivity index (χ4n) is 2.22. The van der Waals surface area contributed by atoms with Crippen molar-refractivity contribution in [2.75, 3.05) is 20.0 Å². The molecule has 122 valence electrons. The summed E-state index contributed by atoms with van der Waals surface area (Å²) in [7, 11) is 3.18.